The molecule has 0 aromatic rings. The molecule has 1 rings (SSSR count). The highest BCUT2D eigenvalue weighted by Crippen LogP contribution is 2.40. The van der Waals surface area contributed by atoms with E-state index in [0.717, 1.165) is 0 Å². The lowest BCUT2D eigenvalue weighted by Crippen LogP contribution is -2.25. The highest BCUT2D eigenvalue weighted by atomic mass is 14.3. The summed E-state index contributed by atoms with van der Waals surface area (Å²) >= 11 is 0. The molecule has 1 aliphatic rings. The Bertz CT molecular complexity index is 289. The van der Waals surface area contributed by atoms with E-state index in [4.69, 9.17) is 0 Å². The van der Waals surface area contributed by atoms with E-state index in [-0.39, 0.29) is 5.41 Å². The van der Waals surface area contributed by atoms with Gasteiger partial charge in [0.15, 0.2) is 0 Å². The SMILES string of the molecule is CC1=CC(C(C)(C)C)[CH]C(C(C)(C)C)=C1. The van der Waals surface area contributed by atoms with E-state index < -0.39 is 0 Å². The number of hydrogen-bond acceptors (Lipinski definition) is 0. The second-order valence-corrected chi connectivity index (χ2v) is 6.82. The Labute approximate surface area is 95.5 Å². The van der Waals surface area contributed by atoms with Crippen molar-refractivity contribution in [2.24, 2.45) is 16.7 Å². The fraction of sp³-hybridized carbons (Fsp3) is 0.667. The zero-order chi connectivity index (χ0) is 11.9. The van der Waals surface area contributed by atoms with Gasteiger partial charge in [0.25, 0.3) is 0 Å². The topological polar surface area (TPSA) is 0 Å². The Balaban J connectivity index is 2.96. The molecule has 85 valence electrons. The fourth-order valence-electron chi connectivity index (χ4n) is 1.83. The van der Waals surface area contributed by atoms with Gasteiger partial charge in [0, 0.05) is 0 Å². The van der Waals surface area contributed by atoms with Crippen LogP contribution in [0.3, 0.4) is 0 Å². The smallest absolute Gasteiger partial charge is 0.00548 e. The van der Waals surface area contributed by atoms with Gasteiger partial charge in [-0.15, -0.1) is 0 Å². The first-order chi connectivity index (χ1) is 6.60. The van der Waals surface area contributed by atoms with Crippen molar-refractivity contribution in [1.82, 2.24) is 0 Å². The van der Waals surface area contributed by atoms with E-state index in [0.29, 0.717) is 11.3 Å². The predicted molar refractivity (Wildman–Crippen MR) is 68.5 cm³/mol. The predicted octanol–water partition coefficient (Wildman–Crippen LogP) is 4.79. The maximum atomic E-state index is 2.44. The summed E-state index contributed by atoms with van der Waals surface area (Å²) < 4.78 is 0. The normalized spacial score (nSPS) is 23.5. The summed E-state index contributed by atoms with van der Waals surface area (Å²) in [4.78, 5) is 0. The van der Waals surface area contributed by atoms with E-state index in [1.165, 1.54) is 11.1 Å². The molecule has 0 spiro atoms. The highest BCUT2D eigenvalue weighted by molar-refractivity contribution is 5.38. The minimum atomic E-state index is 0.263. The van der Waals surface area contributed by atoms with Crippen LogP contribution in [0.15, 0.2) is 23.3 Å². The standard InChI is InChI=1S/C15H25/c1-11-8-12(14(2,3)4)10-13(9-11)15(5,6)7/h8-10,12H,1-7H3. The monoisotopic (exact) mass is 205 g/mol. The second kappa shape index (κ2) is 3.81. The third-order valence-corrected chi connectivity index (χ3v) is 3.05. The molecule has 1 radical (unpaired) electrons. The number of hydrogen-bond donors (Lipinski definition) is 0. The van der Waals surface area contributed by atoms with Crippen molar-refractivity contribution in [1.29, 1.82) is 0 Å². The number of allylic oxidation sites excluding steroid dienone is 4. The van der Waals surface area contributed by atoms with Crippen molar-refractivity contribution in [3.05, 3.63) is 29.7 Å². The van der Waals surface area contributed by atoms with Crippen LogP contribution in [-0.2, 0) is 0 Å². The van der Waals surface area contributed by atoms with Gasteiger partial charge in [-0.05, 0) is 30.1 Å². The summed E-state index contributed by atoms with van der Waals surface area (Å²) in [5.74, 6) is 0.566. The van der Waals surface area contributed by atoms with Crippen LogP contribution in [0.5, 0.6) is 0 Å². The third kappa shape index (κ3) is 3.22. The third-order valence-electron chi connectivity index (χ3n) is 3.05. The Morgan fingerprint density at radius 1 is 1.00 bits per heavy atom. The van der Waals surface area contributed by atoms with E-state index in [9.17, 15) is 0 Å². The van der Waals surface area contributed by atoms with Crippen LogP contribution >= 0.6 is 0 Å². The molecule has 0 saturated heterocycles. The van der Waals surface area contributed by atoms with Crippen molar-refractivity contribution in [3.63, 3.8) is 0 Å². The summed E-state index contributed by atoms with van der Waals surface area (Å²) in [5.41, 5.74) is 3.47. The molecule has 1 unspecified atom stereocenters. The lowest BCUT2D eigenvalue weighted by atomic mass is 9.69. The van der Waals surface area contributed by atoms with Gasteiger partial charge in [0.2, 0.25) is 0 Å². The average Bonchev–Trinajstić information content (AvgIpc) is 1.99. The molecule has 0 N–H and O–H groups in total. The molecule has 0 nitrogen and oxygen atoms in total. The van der Waals surface area contributed by atoms with Crippen molar-refractivity contribution in [3.8, 4) is 0 Å². The van der Waals surface area contributed by atoms with E-state index in [1.807, 2.05) is 0 Å². The first-order valence-corrected chi connectivity index (χ1v) is 5.86. The molecule has 0 bridgehead atoms. The Hall–Kier alpha value is -0.520. The molecule has 0 amide bonds. The Morgan fingerprint density at radius 3 is 1.93 bits per heavy atom. The molecule has 15 heavy (non-hydrogen) atoms. The maximum Gasteiger partial charge on any atom is -0.00548 e. The van der Waals surface area contributed by atoms with E-state index >= 15 is 0 Å². The molecule has 0 heterocycles. The molecule has 0 fully saturated rings. The van der Waals surface area contributed by atoms with Crippen LogP contribution in [0.1, 0.15) is 48.5 Å². The van der Waals surface area contributed by atoms with Crippen LogP contribution in [0.4, 0.5) is 0 Å². The molecule has 1 atom stereocenters. The minimum Gasteiger partial charge on any atom is -0.0773 e. The molecule has 0 aromatic carbocycles. The van der Waals surface area contributed by atoms with E-state index in [2.05, 4.69) is 67.0 Å². The Kier molecular flexibility index (Phi) is 3.19. The van der Waals surface area contributed by atoms with Gasteiger partial charge >= 0.3 is 0 Å². The molecule has 0 aromatic heterocycles. The maximum absolute atomic E-state index is 2.44. The molecule has 1 aliphatic carbocycles. The van der Waals surface area contributed by atoms with Crippen LogP contribution in [-0.4, -0.2) is 0 Å². The zero-order valence-electron chi connectivity index (χ0n) is 11.3. The van der Waals surface area contributed by atoms with Gasteiger partial charge in [-0.25, -0.2) is 0 Å². The fourth-order valence-corrected chi connectivity index (χ4v) is 1.83. The first-order valence-electron chi connectivity index (χ1n) is 5.86. The van der Waals surface area contributed by atoms with Gasteiger partial charge < -0.3 is 0 Å². The molecular formula is C15H25. The molecule has 0 saturated carbocycles. The average molecular weight is 205 g/mol. The van der Waals surface area contributed by atoms with Gasteiger partial charge in [0.05, 0.1) is 0 Å². The molecule has 0 heteroatoms. The second-order valence-electron chi connectivity index (χ2n) is 6.82. The van der Waals surface area contributed by atoms with Crippen molar-refractivity contribution < 1.29 is 0 Å². The van der Waals surface area contributed by atoms with Gasteiger partial charge in [-0.3, -0.25) is 0 Å². The lowest BCUT2D eigenvalue weighted by molar-refractivity contribution is 0.318. The lowest BCUT2D eigenvalue weighted by Gasteiger charge is -2.35. The van der Waals surface area contributed by atoms with Crippen LogP contribution in [0.25, 0.3) is 0 Å². The van der Waals surface area contributed by atoms with Crippen molar-refractivity contribution >= 4 is 0 Å². The summed E-state index contributed by atoms with van der Waals surface area (Å²) in [6, 6.07) is 0. The van der Waals surface area contributed by atoms with Crippen LogP contribution in [0.2, 0.25) is 0 Å². The van der Waals surface area contributed by atoms with Crippen LogP contribution < -0.4 is 0 Å². The van der Waals surface area contributed by atoms with Gasteiger partial charge in [0.1, 0.15) is 0 Å². The van der Waals surface area contributed by atoms with E-state index in [1.54, 1.807) is 0 Å². The van der Waals surface area contributed by atoms with Crippen molar-refractivity contribution in [2.75, 3.05) is 0 Å². The summed E-state index contributed by atoms with van der Waals surface area (Å²) in [7, 11) is 0. The molecule has 0 aliphatic heterocycles. The minimum absolute atomic E-state index is 0.263. The summed E-state index contributed by atoms with van der Waals surface area (Å²) in [6.45, 7) is 16.0. The Morgan fingerprint density at radius 2 is 1.53 bits per heavy atom. The summed E-state index contributed by atoms with van der Waals surface area (Å²) in [5, 5.41) is 0. The quantitative estimate of drug-likeness (QED) is 0.533. The zero-order valence-corrected chi connectivity index (χ0v) is 11.3. The van der Waals surface area contributed by atoms with Gasteiger partial charge in [-0.2, -0.15) is 0 Å². The van der Waals surface area contributed by atoms with Crippen molar-refractivity contribution in [2.45, 2.75) is 48.5 Å². The molecular weight excluding hydrogens is 180 g/mol. The summed E-state index contributed by atoms with van der Waals surface area (Å²) in [6.07, 6.45) is 7.14. The largest absolute Gasteiger partial charge is 0.0773 e. The first kappa shape index (κ1) is 12.5. The highest BCUT2D eigenvalue weighted by Gasteiger charge is 2.29. The number of rotatable bonds is 0. The van der Waals surface area contributed by atoms with Gasteiger partial charge in [-0.1, -0.05) is 64.8 Å². The van der Waals surface area contributed by atoms with Crippen LogP contribution in [0, 0.1) is 23.2 Å².